The molecule has 2 aliphatic rings. The van der Waals surface area contributed by atoms with Gasteiger partial charge in [-0.05, 0) is 43.2 Å². The van der Waals surface area contributed by atoms with Crippen molar-refractivity contribution in [1.29, 1.82) is 0 Å². The minimum Gasteiger partial charge on any atom is -0.383 e. The van der Waals surface area contributed by atoms with Gasteiger partial charge in [-0.3, -0.25) is 4.79 Å². The number of nitrogens with zero attached hydrogens (tertiary/aromatic N) is 6. The number of amides is 1. The third kappa shape index (κ3) is 4.25. The predicted molar refractivity (Wildman–Crippen MR) is 134 cm³/mol. The molecule has 0 bridgehead atoms. The highest BCUT2D eigenvalue weighted by atomic mass is 19.1. The number of rotatable bonds is 4. The van der Waals surface area contributed by atoms with Crippen molar-refractivity contribution in [2.24, 2.45) is 0 Å². The quantitative estimate of drug-likeness (QED) is 0.455. The van der Waals surface area contributed by atoms with Crippen LogP contribution in [-0.4, -0.2) is 69.4 Å². The number of carbonyl (C=O) groups excluding carboxylic acids is 1. The molecule has 1 unspecified atom stereocenters. The Morgan fingerprint density at radius 3 is 2.57 bits per heavy atom. The zero-order chi connectivity index (χ0) is 25.5. The summed E-state index contributed by atoms with van der Waals surface area (Å²) in [5, 5.41) is 4.91. The number of hydrogen-bond acceptors (Lipinski definition) is 7. The van der Waals surface area contributed by atoms with E-state index >= 15 is 0 Å². The number of nitrogen functional groups attached to an aromatic ring is 1. The summed E-state index contributed by atoms with van der Waals surface area (Å²) in [4.78, 5) is 25.9. The van der Waals surface area contributed by atoms with E-state index in [2.05, 4.69) is 10.1 Å². The molecule has 190 valence electrons. The first-order valence-corrected chi connectivity index (χ1v) is 12.2. The smallest absolute Gasteiger partial charge is 0.251 e. The lowest BCUT2D eigenvalue weighted by Crippen LogP contribution is -2.51. The highest BCUT2D eigenvalue weighted by molar-refractivity contribution is 5.99. The fourth-order valence-electron chi connectivity index (χ4n) is 4.90. The first-order valence-electron chi connectivity index (χ1n) is 12.2. The maximum absolute atomic E-state index is 14.9. The van der Waals surface area contributed by atoms with Crippen molar-refractivity contribution < 1.29 is 18.3 Å². The number of ether oxygens (including phenoxy) is 1. The lowest BCUT2D eigenvalue weighted by atomic mass is 10.1. The third-order valence-electron chi connectivity index (χ3n) is 6.82. The summed E-state index contributed by atoms with van der Waals surface area (Å²) in [5.74, 6) is -0.343. The molecule has 1 atom stereocenters. The van der Waals surface area contributed by atoms with E-state index in [1.807, 2.05) is 4.90 Å². The number of halogens is 2. The molecule has 4 aromatic rings. The van der Waals surface area contributed by atoms with Gasteiger partial charge in [-0.1, -0.05) is 18.2 Å². The van der Waals surface area contributed by atoms with E-state index in [1.54, 1.807) is 35.2 Å². The van der Waals surface area contributed by atoms with Crippen LogP contribution >= 0.6 is 0 Å². The molecular weight excluding hydrogens is 480 g/mol. The van der Waals surface area contributed by atoms with Crippen molar-refractivity contribution in [1.82, 2.24) is 24.6 Å². The maximum Gasteiger partial charge on any atom is 0.251 e. The van der Waals surface area contributed by atoms with Crippen LogP contribution in [0.2, 0.25) is 0 Å². The van der Waals surface area contributed by atoms with Crippen molar-refractivity contribution in [2.75, 3.05) is 43.4 Å². The van der Waals surface area contributed by atoms with Crippen LogP contribution in [0.25, 0.3) is 28.0 Å². The second-order valence-corrected chi connectivity index (χ2v) is 9.14. The maximum atomic E-state index is 14.9. The van der Waals surface area contributed by atoms with Crippen molar-refractivity contribution >= 4 is 28.7 Å². The molecule has 0 saturated carbocycles. The van der Waals surface area contributed by atoms with Crippen LogP contribution in [0.4, 0.5) is 20.5 Å². The fraction of sp³-hybridized carbons (Fsp3) is 0.308. The van der Waals surface area contributed by atoms with Gasteiger partial charge >= 0.3 is 0 Å². The van der Waals surface area contributed by atoms with E-state index < -0.39 is 11.6 Å². The van der Waals surface area contributed by atoms with Gasteiger partial charge in [0.2, 0.25) is 5.95 Å². The van der Waals surface area contributed by atoms with Crippen LogP contribution in [0.1, 0.15) is 12.8 Å². The number of nitrogens with two attached hydrogens (primary N) is 1. The van der Waals surface area contributed by atoms with Crippen LogP contribution in [0.3, 0.4) is 0 Å². The van der Waals surface area contributed by atoms with E-state index in [0.717, 1.165) is 12.8 Å². The summed E-state index contributed by atoms with van der Waals surface area (Å²) in [5.41, 5.74) is 7.70. The van der Waals surface area contributed by atoms with Crippen molar-refractivity contribution in [3.05, 3.63) is 60.2 Å². The first kappa shape index (κ1) is 23.3. The number of fused-ring (bicyclic) bond motifs is 1. The number of carbonyl (C=O) groups is 1. The molecule has 11 heteroatoms. The highest BCUT2D eigenvalue weighted by Crippen LogP contribution is 2.35. The van der Waals surface area contributed by atoms with E-state index in [0.29, 0.717) is 55.5 Å². The third-order valence-corrected chi connectivity index (χ3v) is 6.82. The predicted octanol–water partition coefficient (Wildman–Crippen LogP) is 3.17. The Bertz CT molecular complexity index is 1480. The molecule has 2 N–H and O–H groups in total. The zero-order valence-electron chi connectivity index (χ0n) is 20.0. The normalized spacial score (nSPS) is 18.1. The summed E-state index contributed by atoms with van der Waals surface area (Å²) in [6.45, 7) is 2.61. The Balaban J connectivity index is 1.39. The molecule has 37 heavy (non-hydrogen) atoms. The number of hydrogen-bond donors (Lipinski definition) is 1. The van der Waals surface area contributed by atoms with Crippen molar-refractivity contribution in [2.45, 2.75) is 18.9 Å². The summed E-state index contributed by atoms with van der Waals surface area (Å²) < 4.78 is 35.8. The molecule has 2 aromatic heterocycles. The van der Waals surface area contributed by atoms with Crippen molar-refractivity contribution in [3.63, 3.8) is 0 Å². The number of anilines is 2. The van der Waals surface area contributed by atoms with E-state index in [-0.39, 0.29) is 29.0 Å². The largest absolute Gasteiger partial charge is 0.383 e. The first-order chi connectivity index (χ1) is 18.0. The summed E-state index contributed by atoms with van der Waals surface area (Å²) >= 11 is 0. The van der Waals surface area contributed by atoms with Gasteiger partial charge in [0.15, 0.2) is 5.65 Å². The summed E-state index contributed by atoms with van der Waals surface area (Å²) in [7, 11) is 0. The van der Waals surface area contributed by atoms with Gasteiger partial charge in [0.25, 0.3) is 5.91 Å². The van der Waals surface area contributed by atoms with Crippen LogP contribution < -0.4 is 10.6 Å². The highest BCUT2D eigenvalue weighted by Gasteiger charge is 2.31. The number of aromatic nitrogens is 4. The Hall–Kier alpha value is -4.12. The fourth-order valence-corrected chi connectivity index (χ4v) is 4.90. The van der Waals surface area contributed by atoms with Gasteiger partial charge in [-0.2, -0.15) is 4.98 Å². The van der Waals surface area contributed by atoms with Gasteiger partial charge in [0.1, 0.15) is 23.6 Å². The number of piperazine rings is 1. The van der Waals surface area contributed by atoms with Crippen LogP contribution in [0, 0.1) is 11.6 Å². The molecule has 0 spiro atoms. The van der Waals surface area contributed by atoms with E-state index in [4.69, 9.17) is 15.5 Å². The minimum atomic E-state index is -0.460. The van der Waals surface area contributed by atoms with Crippen LogP contribution in [0.5, 0.6) is 0 Å². The topological polar surface area (TPSA) is 102 Å². The molecule has 9 nitrogen and oxygen atoms in total. The molecule has 2 aromatic carbocycles. The standard InChI is InChI=1S/C26H25F2N7O2/c27-16-5-3-6-17(15-16)35-23(29)21-22(18-7-1-2-8-19(18)28)30-26(31-24(21)32-35)34-12-10-33(11-13-34)25(36)20-9-4-14-37-20/h1-3,5-8,15,20H,4,9-14,29H2. The molecule has 1 amide bonds. The van der Waals surface area contributed by atoms with E-state index in [1.165, 1.54) is 22.9 Å². The van der Waals surface area contributed by atoms with E-state index in [9.17, 15) is 13.6 Å². The van der Waals surface area contributed by atoms with Gasteiger partial charge < -0.3 is 20.3 Å². The van der Waals surface area contributed by atoms with Gasteiger partial charge in [-0.15, -0.1) is 5.10 Å². The Kier molecular flexibility index (Phi) is 5.91. The molecule has 4 heterocycles. The average molecular weight is 506 g/mol. The molecule has 2 fully saturated rings. The minimum absolute atomic E-state index is 0.0159. The van der Waals surface area contributed by atoms with Gasteiger partial charge in [0, 0.05) is 38.3 Å². The zero-order valence-corrected chi connectivity index (χ0v) is 20.0. The second-order valence-electron chi connectivity index (χ2n) is 9.14. The molecule has 2 aliphatic heterocycles. The molecule has 2 saturated heterocycles. The molecule has 0 aliphatic carbocycles. The van der Waals surface area contributed by atoms with Gasteiger partial charge in [-0.25, -0.2) is 18.4 Å². The summed E-state index contributed by atoms with van der Waals surface area (Å²) in [6, 6.07) is 12.2. The van der Waals surface area contributed by atoms with Crippen molar-refractivity contribution in [3.8, 4) is 16.9 Å². The monoisotopic (exact) mass is 505 g/mol. The summed E-state index contributed by atoms with van der Waals surface area (Å²) in [6.07, 6.45) is 1.29. The molecule has 0 radical (unpaired) electrons. The Labute approximate surface area is 211 Å². The lowest BCUT2D eigenvalue weighted by molar-refractivity contribution is -0.141. The van der Waals surface area contributed by atoms with Crippen LogP contribution in [-0.2, 0) is 9.53 Å². The van der Waals surface area contributed by atoms with Gasteiger partial charge in [0.05, 0.1) is 16.8 Å². The molecular formula is C26H25F2N7O2. The Morgan fingerprint density at radius 1 is 1.03 bits per heavy atom. The van der Waals surface area contributed by atoms with Crippen LogP contribution in [0.15, 0.2) is 48.5 Å². The average Bonchev–Trinajstić information content (AvgIpc) is 3.57. The SMILES string of the molecule is Nc1c2c(-c3ccccc3F)nc(N3CCN(C(=O)C4CCCO4)CC3)nc2nn1-c1cccc(F)c1. The second kappa shape index (κ2) is 9.40. The Morgan fingerprint density at radius 2 is 1.84 bits per heavy atom. The number of benzene rings is 2. The lowest BCUT2D eigenvalue weighted by Gasteiger charge is -2.35. The molecule has 6 rings (SSSR count).